The zero-order chi connectivity index (χ0) is 16.5. The van der Waals surface area contributed by atoms with Gasteiger partial charge in [0.1, 0.15) is 0 Å². The summed E-state index contributed by atoms with van der Waals surface area (Å²) in [6.07, 6.45) is 3.14. The van der Waals surface area contributed by atoms with Crippen LogP contribution in [0.2, 0.25) is 0 Å². The number of benzene rings is 2. The molecule has 2 aromatic rings. The molecular weight excluding hydrogens is 332 g/mol. The van der Waals surface area contributed by atoms with Gasteiger partial charge in [0.2, 0.25) is 5.91 Å². The van der Waals surface area contributed by atoms with Gasteiger partial charge >= 0.3 is 0 Å². The van der Waals surface area contributed by atoms with Crippen LogP contribution in [0.5, 0.6) is 0 Å². The van der Waals surface area contributed by atoms with Crippen LogP contribution in [0.3, 0.4) is 0 Å². The third kappa shape index (κ3) is 3.44. The van der Waals surface area contributed by atoms with Crippen LogP contribution >= 0.6 is 12.4 Å². The summed E-state index contributed by atoms with van der Waals surface area (Å²) in [5.41, 5.74) is 10.2. The largest absolute Gasteiger partial charge is 0.340 e. The van der Waals surface area contributed by atoms with Crippen LogP contribution in [0, 0.1) is 0 Å². The summed E-state index contributed by atoms with van der Waals surface area (Å²) in [5.74, 6) is 0.515. The molecule has 3 nitrogen and oxygen atoms in total. The molecule has 1 amide bonds. The van der Waals surface area contributed by atoms with Crippen molar-refractivity contribution in [2.24, 2.45) is 5.73 Å². The van der Waals surface area contributed by atoms with Gasteiger partial charge in [0, 0.05) is 25.0 Å². The number of fused-ring (bicyclic) bond motifs is 1. The first kappa shape index (κ1) is 18.0. The number of rotatable bonds is 2. The summed E-state index contributed by atoms with van der Waals surface area (Å²) in [6, 6.07) is 18.8. The smallest absolute Gasteiger partial charge is 0.230 e. The first-order chi connectivity index (χ1) is 11.7. The van der Waals surface area contributed by atoms with Crippen LogP contribution in [0.25, 0.3) is 0 Å². The van der Waals surface area contributed by atoms with Crippen LogP contribution in [0.4, 0.5) is 0 Å². The Morgan fingerprint density at radius 3 is 2.52 bits per heavy atom. The molecule has 132 valence electrons. The highest BCUT2D eigenvalue weighted by molar-refractivity contribution is 5.85. The maximum absolute atomic E-state index is 13.2. The second-order valence-corrected chi connectivity index (χ2v) is 7.07. The van der Waals surface area contributed by atoms with Gasteiger partial charge in [-0.3, -0.25) is 4.79 Å². The van der Waals surface area contributed by atoms with Gasteiger partial charge in [-0.15, -0.1) is 12.4 Å². The Morgan fingerprint density at radius 2 is 1.72 bits per heavy atom. The molecule has 1 aliphatic heterocycles. The number of hydrogen-bond acceptors (Lipinski definition) is 2. The van der Waals surface area contributed by atoms with Gasteiger partial charge in [-0.2, -0.15) is 0 Å². The number of nitrogens with two attached hydrogens (primary N) is 1. The molecule has 25 heavy (non-hydrogen) atoms. The molecule has 0 saturated carbocycles. The molecule has 4 heteroatoms. The number of likely N-dealkylation sites (tertiary alicyclic amines) is 1. The first-order valence-corrected chi connectivity index (χ1v) is 8.91. The first-order valence-electron chi connectivity index (χ1n) is 8.91. The molecule has 2 aromatic carbocycles. The lowest BCUT2D eigenvalue weighted by atomic mass is 9.82. The zero-order valence-corrected chi connectivity index (χ0v) is 15.1. The Kier molecular flexibility index (Phi) is 5.45. The number of amides is 1. The Morgan fingerprint density at radius 1 is 1.00 bits per heavy atom. The Balaban J connectivity index is 0.00000182. The van der Waals surface area contributed by atoms with Gasteiger partial charge < -0.3 is 10.6 Å². The van der Waals surface area contributed by atoms with E-state index in [-0.39, 0.29) is 36.2 Å². The Hall–Kier alpha value is -1.84. The minimum atomic E-state index is 0. The van der Waals surface area contributed by atoms with Crippen molar-refractivity contribution in [1.82, 2.24) is 4.90 Å². The average molecular weight is 357 g/mol. The highest BCUT2D eigenvalue weighted by Crippen LogP contribution is 2.35. The van der Waals surface area contributed by atoms with Gasteiger partial charge in [-0.05, 0) is 36.0 Å². The SMILES string of the molecule is Cl.N[C@@H]1CN(C(=O)C2CCCc3ccccc32)C[C@H]1c1ccccc1. The fraction of sp³-hybridized carbons (Fsp3) is 0.381. The maximum atomic E-state index is 13.2. The molecular formula is C21H25ClN2O. The van der Waals surface area contributed by atoms with E-state index in [9.17, 15) is 4.79 Å². The summed E-state index contributed by atoms with van der Waals surface area (Å²) >= 11 is 0. The molecule has 0 bridgehead atoms. The van der Waals surface area contributed by atoms with Crippen molar-refractivity contribution in [1.29, 1.82) is 0 Å². The summed E-state index contributed by atoms with van der Waals surface area (Å²) in [6.45, 7) is 1.40. The van der Waals surface area contributed by atoms with Crippen LogP contribution in [0.1, 0.15) is 41.4 Å². The third-order valence-electron chi connectivity index (χ3n) is 5.57. The second kappa shape index (κ2) is 7.59. The second-order valence-electron chi connectivity index (χ2n) is 7.07. The van der Waals surface area contributed by atoms with E-state index in [0.29, 0.717) is 6.54 Å². The average Bonchev–Trinajstić information content (AvgIpc) is 3.03. The summed E-state index contributed by atoms with van der Waals surface area (Å²) in [4.78, 5) is 15.2. The standard InChI is InChI=1S/C21H24N2O.ClH/c22-20-14-23(13-19(20)16-7-2-1-3-8-16)21(24)18-12-6-10-15-9-4-5-11-17(15)18;/h1-5,7-9,11,18-20H,6,10,12-14,22H2;1H/t18?,19-,20+;/m0./s1. The number of hydrogen-bond donors (Lipinski definition) is 1. The predicted octanol–water partition coefficient (Wildman–Crippen LogP) is 3.48. The monoisotopic (exact) mass is 356 g/mol. The van der Waals surface area contributed by atoms with Crippen LogP contribution in [0.15, 0.2) is 54.6 Å². The number of halogens is 1. The van der Waals surface area contributed by atoms with E-state index in [1.807, 2.05) is 29.2 Å². The lowest BCUT2D eigenvalue weighted by Crippen LogP contribution is -2.36. The quantitative estimate of drug-likeness (QED) is 0.895. The fourth-order valence-electron chi connectivity index (χ4n) is 4.29. The van der Waals surface area contributed by atoms with E-state index in [1.165, 1.54) is 16.7 Å². The Labute approximate surface area is 155 Å². The lowest BCUT2D eigenvalue weighted by Gasteiger charge is -2.28. The molecule has 0 spiro atoms. The maximum Gasteiger partial charge on any atom is 0.230 e. The highest BCUT2D eigenvalue weighted by Gasteiger charge is 2.37. The third-order valence-corrected chi connectivity index (χ3v) is 5.57. The molecule has 3 atom stereocenters. The molecule has 1 fully saturated rings. The lowest BCUT2D eigenvalue weighted by molar-refractivity contribution is -0.132. The number of carbonyl (C=O) groups excluding carboxylic acids is 1. The van der Waals surface area contributed by atoms with Crippen molar-refractivity contribution < 1.29 is 4.79 Å². The van der Waals surface area contributed by atoms with Gasteiger partial charge in [0.05, 0.1) is 5.92 Å². The van der Waals surface area contributed by atoms with Gasteiger partial charge in [0.25, 0.3) is 0 Å². The minimum Gasteiger partial charge on any atom is -0.340 e. The van der Waals surface area contributed by atoms with Crippen molar-refractivity contribution in [3.8, 4) is 0 Å². The number of carbonyl (C=O) groups is 1. The van der Waals surface area contributed by atoms with Crippen molar-refractivity contribution in [2.45, 2.75) is 37.1 Å². The predicted molar refractivity (Wildman–Crippen MR) is 103 cm³/mol. The van der Waals surface area contributed by atoms with E-state index in [2.05, 4.69) is 30.3 Å². The minimum absolute atomic E-state index is 0. The van der Waals surface area contributed by atoms with Crippen molar-refractivity contribution in [3.05, 3.63) is 71.3 Å². The summed E-state index contributed by atoms with van der Waals surface area (Å²) in [7, 11) is 0. The summed E-state index contributed by atoms with van der Waals surface area (Å²) in [5, 5.41) is 0. The molecule has 4 rings (SSSR count). The van der Waals surface area contributed by atoms with E-state index in [0.717, 1.165) is 25.8 Å². The van der Waals surface area contributed by atoms with Crippen molar-refractivity contribution in [2.75, 3.05) is 13.1 Å². The molecule has 0 aromatic heterocycles. The normalized spacial score (nSPS) is 25.2. The molecule has 1 unspecified atom stereocenters. The fourth-order valence-corrected chi connectivity index (χ4v) is 4.29. The van der Waals surface area contributed by atoms with E-state index >= 15 is 0 Å². The number of nitrogens with zero attached hydrogens (tertiary/aromatic N) is 1. The topological polar surface area (TPSA) is 46.3 Å². The molecule has 2 N–H and O–H groups in total. The van der Waals surface area contributed by atoms with Gasteiger partial charge in [-0.25, -0.2) is 0 Å². The van der Waals surface area contributed by atoms with Gasteiger partial charge in [0.15, 0.2) is 0 Å². The van der Waals surface area contributed by atoms with Crippen molar-refractivity contribution >= 4 is 18.3 Å². The van der Waals surface area contributed by atoms with E-state index in [1.54, 1.807) is 0 Å². The molecule has 2 aliphatic rings. The van der Waals surface area contributed by atoms with Crippen LogP contribution in [-0.4, -0.2) is 29.9 Å². The summed E-state index contributed by atoms with van der Waals surface area (Å²) < 4.78 is 0. The van der Waals surface area contributed by atoms with Crippen LogP contribution < -0.4 is 5.73 Å². The highest BCUT2D eigenvalue weighted by atomic mass is 35.5. The Bertz CT molecular complexity index is 734. The molecule has 0 radical (unpaired) electrons. The number of aryl methyl sites for hydroxylation is 1. The molecule has 1 saturated heterocycles. The van der Waals surface area contributed by atoms with Crippen molar-refractivity contribution in [3.63, 3.8) is 0 Å². The van der Waals surface area contributed by atoms with Crippen LogP contribution in [-0.2, 0) is 11.2 Å². The zero-order valence-electron chi connectivity index (χ0n) is 14.3. The van der Waals surface area contributed by atoms with Gasteiger partial charge in [-0.1, -0.05) is 54.6 Å². The van der Waals surface area contributed by atoms with E-state index in [4.69, 9.17) is 5.73 Å². The molecule has 1 aliphatic carbocycles. The molecule has 1 heterocycles. The van der Waals surface area contributed by atoms with E-state index < -0.39 is 0 Å².